The highest BCUT2D eigenvalue weighted by Gasteiger charge is 2.08. The van der Waals surface area contributed by atoms with Crippen molar-refractivity contribution < 1.29 is 4.39 Å². The van der Waals surface area contributed by atoms with Gasteiger partial charge in [-0.3, -0.25) is 4.57 Å². The molecule has 0 fully saturated rings. The second kappa shape index (κ2) is 3.82. The molecule has 84 valence electrons. The van der Waals surface area contributed by atoms with E-state index in [2.05, 4.69) is 4.98 Å². The summed E-state index contributed by atoms with van der Waals surface area (Å²) in [6, 6.07) is 14.6. The van der Waals surface area contributed by atoms with Crippen LogP contribution in [0.2, 0.25) is 0 Å². The van der Waals surface area contributed by atoms with Crippen molar-refractivity contribution in [2.24, 2.45) is 0 Å². The van der Waals surface area contributed by atoms with E-state index in [9.17, 15) is 4.39 Å². The molecule has 0 saturated heterocycles. The van der Waals surface area contributed by atoms with Gasteiger partial charge in [0.05, 0.1) is 5.52 Å². The predicted molar refractivity (Wildman–Crippen MR) is 68.4 cm³/mol. The number of aromatic amines is 1. The number of H-pyrrole nitrogens is 1. The first-order valence-corrected chi connectivity index (χ1v) is 5.63. The van der Waals surface area contributed by atoms with Gasteiger partial charge >= 0.3 is 0 Å². The molecular weight excluding hydrogens is 235 g/mol. The summed E-state index contributed by atoms with van der Waals surface area (Å²) in [6.07, 6.45) is 0. The van der Waals surface area contributed by atoms with E-state index in [-0.39, 0.29) is 5.82 Å². The van der Waals surface area contributed by atoms with E-state index >= 15 is 0 Å². The lowest BCUT2D eigenvalue weighted by molar-refractivity contribution is 0.637. The fourth-order valence-corrected chi connectivity index (χ4v) is 2.23. The Morgan fingerprint density at radius 3 is 2.53 bits per heavy atom. The van der Waals surface area contributed by atoms with Crippen molar-refractivity contribution in [2.45, 2.75) is 0 Å². The zero-order chi connectivity index (χ0) is 11.8. The third-order valence-corrected chi connectivity index (χ3v) is 2.97. The van der Waals surface area contributed by atoms with E-state index in [0.717, 1.165) is 11.2 Å². The van der Waals surface area contributed by atoms with Crippen molar-refractivity contribution in [3.05, 3.63) is 59.1 Å². The highest BCUT2D eigenvalue weighted by Crippen LogP contribution is 2.21. The highest BCUT2D eigenvalue weighted by molar-refractivity contribution is 7.71. The average molecular weight is 244 g/mol. The van der Waals surface area contributed by atoms with Gasteiger partial charge in [0.25, 0.3) is 0 Å². The summed E-state index contributed by atoms with van der Waals surface area (Å²) in [5, 5.41) is 0. The monoisotopic (exact) mass is 244 g/mol. The Morgan fingerprint density at radius 1 is 1.00 bits per heavy atom. The molecule has 0 radical (unpaired) electrons. The fourth-order valence-electron chi connectivity index (χ4n) is 1.93. The maximum atomic E-state index is 13.6. The van der Waals surface area contributed by atoms with Gasteiger partial charge in [0.1, 0.15) is 11.3 Å². The summed E-state index contributed by atoms with van der Waals surface area (Å²) in [5.41, 5.74) is 2.12. The van der Waals surface area contributed by atoms with Crippen LogP contribution < -0.4 is 0 Å². The molecule has 3 aromatic rings. The standard InChI is InChI=1S/C13H9FN2S/c14-10-7-4-8-11-12(10)15-13(17)16(11)9-5-2-1-3-6-9/h1-8H,(H,15,17). The van der Waals surface area contributed by atoms with Crippen molar-refractivity contribution >= 4 is 23.3 Å². The van der Waals surface area contributed by atoms with E-state index in [1.807, 2.05) is 41.0 Å². The first-order chi connectivity index (χ1) is 8.27. The summed E-state index contributed by atoms with van der Waals surface area (Å²) in [5.74, 6) is -0.289. The van der Waals surface area contributed by atoms with Crippen LogP contribution in [-0.2, 0) is 0 Å². The molecule has 1 N–H and O–H groups in total. The number of hydrogen-bond donors (Lipinski definition) is 1. The lowest BCUT2D eigenvalue weighted by Crippen LogP contribution is -1.92. The minimum atomic E-state index is -0.289. The molecule has 0 spiro atoms. The van der Waals surface area contributed by atoms with Crippen molar-refractivity contribution in [2.75, 3.05) is 0 Å². The van der Waals surface area contributed by atoms with E-state index in [0.29, 0.717) is 10.3 Å². The second-order valence-corrected chi connectivity index (χ2v) is 4.12. The van der Waals surface area contributed by atoms with Crippen LogP contribution in [0.4, 0.5) is 4.39 Å². The molecule has 0 aliphatic rings. The summed E-state index contributed by atoms with van der Waals surface area (Å²) in [4.78, 5) is 2.90. The highest BCUT2D eigenvalue weighted by atomic mass is 32.1. The minimum Gasteiger partial charge on any atom is -0.328 e. The van der Waals surface area contributed by atoms with Gasteiger partial charge in [0.2, 0.25) is 0 Å². The Hall–Kier alpha value is -1.94. The summed E-state index contributed by atoms with van der Waals surface area (Å²) in [6.45, 7) is 0. The molecule has 0 aliphatic carbocycles. The van der Waals surface area contributed by atoms with E-state index in [1.54, 1.807) is 6.07 Å². The summed E-state index contributed by atoms with van der Waals surface area (Å²) < 4.78 is 15.9. The molecule has 0 aliphatic heterocycles. The molecule has 0 bridgehead atoms. The van der Waals surface area contributed by atoms with Gasteiger partial charge in [-0.25, -0.2) is 4.39 Å². The van der Waals surface area contributed by atoms with Crippen LogP contribution in [0.1, 0.15) is 0 Å². The van der Waals surface area contributed by atoms with E-state index in [4.69, 9.17) is 12.2 Å². The number of imidazole rings is 1. The molecule has 4 heteroatoms. The van der Waals surface area contributed by atoms with Crippen molar-refractivity contribution in [1.29, 1.82) is 0 Å². The van der Waals surface area contributed by atoms with Crippen LogP contribution in [0.15, 0.2) is 48.5 Å². The number of hydrogen-bond acceptors (Lipinski definition) is 1. The summed E-state index contributed by atoms with van der Waals surface area (Å²) in [7, 11) is 0. The fraction of sp³-hybridized carbons (Fsp3) is 0. The Balaban J connectivity index is 2.42. The molecule has 17 heavy (non-hydrogen) atoms. The van der Waals surface area contributed by atoms with Gasteiger partial charge in [0.15, 0.2) is 4.77 Å². The maximum Gasteiger partial charge on any atom is 0.182 e. The molecule has 2 aromatic carbocycles. The first-order valence-electron chi connectivity index (χ1n) is 5.22. The molecule has 0 saturated carbocycles. The number of nitrogens with zero attached hydrogens (tertiary/aromatic N) is 1. The van der Waals surface area contributed by atoms with Gasteiger partial charge in [-0.1, -0.05) is 24.3 Å². The Bertz CT molecular complexity index is 728. The van der Waals surface area contributed by atoms with Gasteiger partial charge in [0, 0.05) is 5.69 Å². The van der Waals surface area contributed by atoms with Crippen LogP contribution in [0, 0.1) is 10.6 Å². The number of halogens is 1. The van der Waals surface area contributed by atoms with Gasteiger partial charge in [-0.15, -0.1) is 0 Å². The van der Waals surface area contributed by atoms with Crippen LogP contribution >= 0.6 is 12.2 Å². The summed E-state index contributed by atoms with van der Waals surface area (Å²) >= 11 is 5.24. The zero-order valence-electron chi connectivity index (χ0n) is 8.85. The van der Waals surface area contributed by atoms with Gasteiger partial charge < -0.3 is 4.98 Å². The topological polar surface area (TPSA) is 20.7 Å². The molecule has 1 aromatic heterocycles. The SMILES string of the molecule is Fc1cccc2c1[nH]c(=S)n2-c1ccccc1. The third kappa shape index (κ3) is 1.57. The van der Waals surface area contributed by atoms with Crippen LogP contribution in [0.25, 0.3) is 16.7 Å². The molecule has 3 rings (SSSR count). The Morgan fingerprint density at radius 2 is 1.76 bits per heavy atom. The van der Waals surface area contributed by atoms with Crippen LogP contribution in [0.3, 0.4) is 0 Å². The third-order valence-electron chi connectivity index (χ3n) is 2.68. The molecule has 0 atom stereocenters. The lowest BCUT2D eigenvalue weighted by Gasteiger charge is -2.03. The van der Waals surface area contributed by atoms with Crippen LogP contribution in [-0.4, -0.2) is 9.55 Å². The molecule has 0 amide bonds. The predicted octanol–water partition coefficient (Wildman–Crippen LogP) is 3.83. The molecule has 2 nitrogen and oxygen atoms in total. The van der Waals surface area contributed by atoms with Crippen molar-refractivity contribution in [3.63, 3.8) is 0 Å². The molecular formula is C13H9FN2S. The zero-order valence-corrected chi connectivity index (χ0v) is 9.67. The second-order valence-electron chi connectivity index (χ2n) is 3.74. The quantitative estimate of drug-likeness (QED) is 0.645. The average Bonchev–Trinajstić information content (AvgIpc) is 2.68. The van der Waals surface area contributed by atoms with Gasteiger partial charge in [-0.05, 0) is 36.5 Å². The normalized spacial score (nSPS) is 10.9. The van der Waals surface area contributed by atoms with E-state index < -0.39 is 0 Å². The van der Waals surface area contributed by atoms with Gasteiger partial charge in [-0.2, -0.15) is 0 Å². The molecule has 0 unspecified atom stereocenters. The minimum absolute atomic E-state index is 0.289. The lowest BCUT2D eigenvalue weighted by atomic mass is 10.3. The number of aromatic nitrogens is 2. The molecule has 1 heterocycles. The number of fused-ring (bicyclic) bond motifs is 1. The number of nitrogens with one attached hydrogen (secondary N) is 1. The number of benzene rings is 2. The first kappa shape index (κ1) is 10.2. The smallest absolute Gasteiger partial charge is 0.182 e. The number of rotatable bonds is 1. The van der Waals surface area contributed by atoms with Crippen LogP contribution in [0.5, 0.6) is 0 Å². The maximum absolute atomic E-state index is 13.6. The van der Waals surface area contributed by atoms with E-state index in [1.165, 1.54) is 6.07 Å². The Labute approximate surface area is 102 Å². The van der Waals surface area contributed by atoms with Crippen molar-refractivity contribution in [3.8, 4) is 5.69 Å². The number of para-hydroxylation sites is 2. The van der Waals surface area contributed by atoms with Crippen molar-refractivity contribution in [1.82, 2.24) is 9.55 Å². The largest absolute Gasteiger partial charge is 0.328 e. The Kier molecular flexibility index (Phi) is 2.30.